The van der Waals surface area contributed by atoms with E-state index in [0.717, 1.165) is 22.6 Å². The summed E-state index contributed by atoms with van der Waals surface area (Å²) < 4.78 is 20.9. The van der Waals surface area contributed by atoms with Crippen molar-refractivity contribution in [2.75, 3.05) is 17.2 Å². The minimum absolute atomic E-state index is 0.00455. The fourth-order valence-corrected chi connectivity index (χ4v) is 6.33. The van der Waals surface area contributed by atoms with E-state index < -0.39 is 17.8 Å². The van der Waals surface area contributed by atoms with Gasteiger partial charge >= 0.3 is 0 Å². The molecule has 2 fully saturated rings. The molecule has 1 aliphatic carbocycles. The van der Waals surface area contributed by atoms with Gasteiger partial charge in [-0.3, -0.25) is 9.59 Å². The van der Waals surface area contributed by atoms with Crippen LogP contribution in [0.2, 0.25) is 0 Å². The molecule has 0 bridgehead atoms. The molecule has 222 valence electrons. The second-order valence-electron chi connectivity index (χ2n) is 12.0. The van der Waals surface area contributed by atoms with E-state index >= 15 is 0 Å². The van der Waals surface area contributed by atoms with Crippen LogP contribution in [-0.4, -0.2) is 35.4 Å². The average molecular weight is 572 g/mol. The van der Waals surface area contributed by atoms with Crippen LogP contribution >= 0.6 is 0 Å². The van der Waals surface area contributed by atoms with Crippen molar-refractivity contribution in [1.29, 1.82) is 0 Å². The van der Waals surface area contributed by atoms with Crippen molar-refractivity contribution in [3.05, 3.63) is 88.7 Å². The van der Waals surface area contributed by atoms with Gasteiger partial charge in [-0.1, -0.05) is 43.2 Å². The van der Waals surface area contributed by atoms with E-state index in [-0.39, 0.29) is 23.5 Å². The Kier molecular flexibility index (Phi) is 9.15. The van der Waals surface area contributed by atoms with E-state index in [1.807, 2.05) is 63.2 Å². The molecule has 1 saturated heterocycles. The third-order valence-corrected chi connectivity index (χ3v) is 8.46. The summed E-state index contributed by atoms with van der Waals surface area (Å²) in [7, 11) is 0. The number of piperidine rings is 1. The molecule has 2 amide bonds. The number of nitrogens with zero attached hydrogens (tertiary/aromatic N) is 1. The zero-order valence-corrected chi connectivity index (χ0v) is 25.1. The lowest BCUT2D eigenvalue weighted by molar-refractivity contribution is -0.123. The summed E-state index contributed by atoms with van der Waals surface area (Å²) in [6.07, 6.45) is 6.08. The standard InChI is InChI=1S/C35H42FN3O3/c1-22(2)42-31-21-28(17-14-23(31)3)38-34(40)29-12-8-20-39(35(41)32-24(4)9-7-13-30(32)36)33(29)25-15-18-27(19-16-25)37-26-10-5-6-11-26/h7,9,13-19,21-22,26,29,33,37H,5-6,8,10-12,20H2,1-4H3,(H,38,40)/t29-,33?/m0/s1. The van der Waals surface area contributed by atoms with Crippen LogP contribution in [0.5, 0.6) is 5.75 Å². The van der Waals surface area contributed by atoms with Gasteiger partial charge in [0.25, 0.3) is 5.91 Å². The molecule has 42 heavy (non-hydrogen) atoms. The number of halogens is 1. The molecule has 7 heteroatoms. The normalized spacial score (nSPS) is 19.1. The van der Waals surface area contributed by atoms with Gasteiger partial charge in [0.1, 0.15) is 11.6 Å². The molecule has 6 nitrogen and oxygen atoms in total. The minimum Gasteiger partial charge on any atom is -0.491 e. The Labute approximate surface area is 248 Å². The number of aryl methyl sites for hydroxylation is 2. The van der Waals surface area contributed by atoms with E-state index in [1.165, 1.54) is 31.7 Å². The molecule has 1 unspecified atom stereocenters. The lowest BCUT2D eigenvalue weighted by Crippen LogP contribution is -2.46. The zero-order chi connectivity index (χ0) is 29.8. The average Bonchev–Trinajstić information content (AvgIpc) is 3.47. The van der Waals surface area contributed by atoms with E-state index in [4.69, 9.17) is 4.74 Å². The minimum atomic E-state index is -0.543. The van der Waals surface area contributed by atoms with Crippen molar-refractivity contribution >= 4 is 23.2 Å². The maximum absolute atomic E-state index is 15.0. The second-order valence-corrected chi connectivity index (χ2v) is 12.0. The number of nitrogens with one attached hydrogen (secondary N) is 2. The first-order valence-corrected chi connectivity index (χ1v) is 15.2. The maximum atomic E-state index is 15.0. The van der Waals surface area contributed by atoms with Crippen LogP contribution in [0.4, 0.5) is 15.8 Å². The van der Waals surface area contributed by atoms with Gasteiger partial charge in [-0.05, 0) is 94.3 Å². The Balaban J connectivity index is 1.46. The number of carbonyl (C=O) groups excluding carboxylic acids is 2. The van der Waals surface area contributed by atoms with Gasteiger partial charge in [-0.25, -0.2) is 4.39 Å². The van der Waals surface area contributed by atoms with Crippen LogP contribution in [0.15, 0.2) is 60.7 Å². The molecule has 3 aromatic rings. The van der Waals surface area contributed by atoms with Crippen molar-refractivity contribution in [1.82, 2.24) is 4.90 Å². The molecular formula is C35H42FN3O3. The smallest absolute Gasteiger partial charge is 0.257 e. The van der Waals surface area contributed by atoms with Gasteiger partial charge in [0.15, 0.2) is 0 Å². The Bertz CT molecular complexity index is 1400. The van der Waals surface area contributed by atoms with E-state index in [1.54, 1.807) is 24.0 Å². The van der Waals surface area contributed by atoms with Gasteiger partial charge in [-0.15, -0.1) is 0 Å². The molecule has 1 aliphatic heterocycles. The number of ether oxygens (including phenoxy) is 1. The highest BCUT2D eigenvalue weighted by molar-refractivity contribution is 5.98. The number of amides is 2. The number of likely N-dealkylation sites (tertiary alicyclic amines) is 1. The lowest BCUT2D eigenvalue weighted by atomic mass is 9.83. The summed E-state index contributed by atoms with van der Waals surface area (Å²) >= 11 is 0. The predicted molar refractivity (Wildman–Crippen MR) is 166 cm³/mol. The molecule has 0 radical (unpaired) electrons. The number of hydrogen-bond acceptors (Lipinski definition) is 4. The monoisotopic (exact) mass is 571 g/mol. The summed E-state index contributed by atoms with van der Waals surface area (Å²) in [5.74, 6) is -0.891. The van der Waals surface area contributed by atoms with Gasteiger partial charge in [0, 0.05) is 30.0 Å². The molecule has 5 rings (SSSR count). The Morgan fingerprint density at radius 1 is 0.905 bits per heavy atom. The Morgan fingerprint density at radius 2 is 1.62 bits per heavy atom. The molecule has 2 aliphatic rings. The van der Waals surface area contributed by atoms with Gasteiger partial charge in [-0.2, -0.15) is 0 Å². The topological polar surface area (TPSA) is 70.7 Å². The van der Waals surface area contributed by atoms with Crippen LogP contribution in [0.25, 0.3) is 0 Å². The van der Waals surface area contributed by atoms with E-state index in [0.29, 0.717) is 36.7 Å². The first-order chi connectivity index (χ1) is 20.2. The van der Waals surface area contributed by atoms with Crippen LogP contribution in [0.1, 0.15) is 85.5 Å². The first-order valence-electron chi connectivity index (χ1n) is 15.2. The molecule has 2 atom stereocenters. The van der Waals surface area contributed by atoms with Crippen molar-refractivity contribution in [3.8, 4) is 5.75 Å². The number of rotatable bonds is 8. The lowest BCUT2D eigenvalue weighted by Gasteiger charge is -2.41. The van der Waals surface area contributed by atoms with Crippen LogP contribution in [0.3, 0.4) is 0 Å². The summed E-state index contributed by atoms with van der Waals surface area (Å²) in [5, 5.41) is 6.70. The quantitative estimate of drug-likeness (QED) is 0.289. The SMILES string of the molecule is Cc1ccc(NC(=O)[C@H]2CCCN(C(=O)c3c(C)cccc3F)C2c2ccc(NC3CCCC3)cc2)cc1OC(C)C. The number of benzene rings is 3. The van der Waals surface area contributed by atoms with Crippen LogP contribution in [-0.2, 0) is 4.79 Å². The van der Waals surface area contributed by atoms with Gasteiger partial charge < -0.3 is 20.3 Å². The fourth-order valence-electron chi connectivity index (χ4n) is 6.33. The molecular weight excluding hydrogens is 529 g/mol. The summed E-state index contributed by atoms with van der Waals surface area (Å²) in [6.45, 7) is 8.10. The van der Waals surface area contributed by atoms with Crippen molar-refractivity contribution in [2.45, 2.75) is 84.4 Å². The Hall–Kier alpha value is -3.87. The fraction of sp³-hybridized carbons (Fsp3) is 0.429. The summed E-state index contributed by atoms with van der Waals surface area (Å²) in [6, 6.07) is 18.3. The predicted octanol–water partition coefficient (Wildman–Crippen LogP) is 7.82. The number of carbonyl (C=O) groups is 2. The summed E-state index contributed by atoms with van der Waals surface area (Å²) in [4.78, 5) is 29.6. The third-order valence-electron chi connectivity index (χ3n) is 8.46. The first kappa shape index (κ1) is 29.6. The third kappa shape index (κ3) is 6.61. The number of anilines is 2. The highest BCUT2D eigenvalue weighted by Gasteiger charge is 2.40. The highest BCUT2D eigenvalue weighted by atomic mass is 19.1. The van der Waals surface area contributed by atoms with E-state index in [2.05, 4.69) is 10.6 Å². The summed E-state index contributed by atoms with van der Waals surface area (Å²) in [5.41, 5.74) is 4.17. The highest BCUT2D eigenvalue weighted by Crippen LogP contribution is 2.39. The van der Waals surface area contributed by atoms with Crippen molar-refractivity contribution < 1.29 is 18.7 Å². The molecule has 0 aromatic heterocycles. The van der Waals surface area contributed by atoms with Crippen LogP contribution in [0, 0.1) is 25.6 Å². The molecule has 1 saturated carbocycles. The molecule has 1 heterocycles. The molecule has 2 N–H and O–H groups in total. The van der Waals surface area contributed by atoms with Gasteiger partial charge in [0.05, 0.1) is 23.6 Å². The Morgan fingerprint density at radius 3 is 2.31 bits per heavy atom. The second kappa shape index (κ2) is 13.0. The zero-order valence-electron chi connectivity index (χ0n) is 25.1. The van der Waals surface area contributed by atoms with Crippen molar-refractivity contribution in [3.63, 3.8) is 0 Å². The maximum Gasteiger partial charge on any atom is 0.257 e. The van der Waals surface area contributed by atoms with Crippen molar-refractivity contribution in [2.24, 2.45) is 5.92 Å². The number of hydrogen-bond donors (Lipinski definition) is 2. The largest absolute Gasteiger partial charge is 0.491 e. The molecule has 3 aromatic carbocycles. The molecule has 0 spiro atoms. The van der Waals surface area contributed by atoms with Crippen LogP contribution < -0.4 is 15.4 Å². The van der Waals surface area contributed by atoms with E-state index in [9.17, 15) is 14.0 Å². The van der Waals surface area contributed by atoms with Gasteiger partial charge in [0.2, 0.25) is 5.91 Å².